The predicted octanol–water partition coefficient (Wildman–Crippen LogP) is 4.07. The molecule has 0 atom stereocenters. The number of sulfonamides is 1. The average molecular weight is 625 g/mol. The summed E-state index contributed by atoms with van der Waals surface area (Å²) in [6.07, 6.45) is 7.51. The van der Waals surface area contributed by atoms with E-state index in [1.807, 2.05) is 6.08 Å². The summed E-state index contributed by atoms with van der Waals surface area (Å²) in [6.45, 7) is 2.04. The van der Waals surface area contributed by atoms with E-state index in [2.05, 4.69) is 19.7 Å². The monoisotopic (exact) mass is 624 g/mol. The Morgan fingerprint density at radius 1 is 1.05 bits per heavy atom. The number of nitrogens with one attached hydrogen (secondary N) is 1. The second-order valence-electron chi connectivity index (χ2n) is 9.58. The smallest absolute Gasteiger partial charge is 0.267 e. The molecule has 1 aromatic carbocycles. The Hall–Kier alpha value is -5.18. The molecular formula is C29H23F3N6O5S. The Labute approximate surface area is 249 Å². The topological polar surface area (TPSA) is 144 Å². The van der Waals surface area contributed by atoms with Crippen molar-refractivity contribution in [3.05, 3.63) is 84.2 Å². The van der Waals surface area contributed by atoms with E-state index in [1.165, 1.54) is 44.8 Å². The maximum Gasteiger partial charge on any atom is 0.267 e. The van der Waals surface area contributed by atoms with Crippen molar-refractivity contribution in [2.75, 3.05) is 24.9 Å². The van der Waals surface area contributed by atoms with Crippen LogP contribution in [-0.2, 0) is 19.6 Å². The summed E-state index contributed by atoms with van der Waals surface area (Å²) < 4.78 is 75.0. The zero-order chi connectivity index (χ0) is 31.6. The van der Waals surface area contributed by atoms with E-state index in [1.54, 1.807) is 17.0 Å². The second-order valence-corrected chi connectivity index (χ2v) is 11.2. The number of pyridine rings is 2. The minimum atomic E-state index is -4.88. The highest BCUT2D eigenvalue weighted by molar-refractivity contribution is 7.92. The number of methoxy groups -OCH3 is 1. The van der Waals surface area contributed by atoms with Gasteiger partial charge in [-0.3, -0.25) is 14.3 Å². The lowest BCUT2D eigenvalue weighted by Crippen LogP contribution is -2.33. The molecule has 3 aromatic heterocycles. The summed E-state index contributed by atoms with van der Waals surface area (Å²) in [4.78, 5) is 41.2. The zero-order valence-corrected chi connectivity index (χ0v) is 24.0. The zero-order valence-electron chi connectivity index (χ0n) is 23.2. The predicted molar refractivity (Wildman–Crippen MR) is 153 cm³/mol. The number of carbonyl (C=O) groups excluding carboxylic acids is 2. The molecule has 0 unspecified atom stereocenters. The van der Waals surface area contributed by atoms with Crippen LogP contribution in [0.1, 0.15) is 19.0 Å². The first kappa shape index (κ1) is 30.3. The van der Waals surface area contributed by atoms with Crippen LogP contribution < -0.4 is 9.46 Å². The SMILES string of the molecule is COc1ncc(-c2ccc3ncnc(C4=CCN(C(=O)/C=C/C(C)=O)CC4)c3n2)cc1NS(=O)(=O)c1c(F)cc(F)cc1F. The normalized spacial score (nSPS) is 13.7. The molecule has 0 bridgehead atoms. The molecule has 44 heavy (non-hydrogen) atoms. The number of anilines is 1. The van der Waals surface area contributed by atoms with Gasteiger partial charge < -0.3 is 9.64 Å². The molecule has 0 fully saturated rings. The fourth-order valence-electron chi connectivity index (χ4n) is 4.52. The largest absolute Gasteiger partial charge is 0.480 e. The maximum absolute atomic E-state index is 14.3. The number of halogens is 3. The summed E-state index contributed by atoms with van der Waals surface area (Å²) in [5.74, 6) is -5.21. The number of ether oxygens (including phenoxy) is 1. The number of fused-ring (bicyclic) bond motifs is 1. The number of benzene rings is 1. The van der Waals surface area contributed by atoms with Crippen LogP contribution >= 0.6 is 0 Å². The molecule has 5 rings (SSSR count). The van der Waals surface area contributed by atoms with Gasteiger partial charge in [0.25, 0.3) is 10.0 Å². The molecule has 1 aliphatic rings. The molecule has 0 radical (unpaired) electrons. The van der Waals surface area contributed by atoms with Gasteiger partial charge in [-0.1, -0.05) is 6.08 Å². The second kappa shape index (κ2) is 12.2. The quantitative estimate of drug-likeness (QED) is 0.287. The lowest BCUT2D eigenvalue weighted by molar-refractivity contribution is -0.126. The lowest BCUT2D eigenvalue weighted by atomic mass is 10.0. The third kappa shape index (κ3) is 6.27. The van der Waals surface area contributed by atoms with Gasteiger partial charge in [0, 0.05) is 43.1 Å². The van der Waals surface area contributed by atoms with Gasteiger partial charge >= 0.3 is 0 Å². The lowest BCUT2D eigenvalue weighted by Gasteiger charge is -2.25. The van der Waals surface area contributed by atoms with Crippen molar-refractivity contribution in [3.63, 3.8) is 0 Å². The summed E-state index contributed by atoms with van der Waals surface area (Å²) in [5.41, 5.74) is 2.71. The van der Waals surface area contributed by atoms with Crippen LogP contribution in [0.15, 0.2) is 66.0 Å². The number of hydrogen-bond acceptors (Lipinski definition) is 9. The Balaban J connectivity index is 1.48. The van der Waals surface area contributed by atoms with Gasteiger partial charge in [-0.25, -0.2) is 41.5 Å². The van der Waals surface area contributed by atoms with Crippen LogP contribution in [0.5, 0.6) is 5.88 Å². The number of carbonyl (C=O) groups is 2. The standard InChI is InChI=1S/C29H23F3N6O5S/c1-16(39)3-6-25(40)38-9-7-17(8-10-38)26-27-23(34-15-35-26)5-4-22(36-27)18-11-24(29(43-2)33-14-18)37-44(41,42)28-20(31)12-19(30)13-21(28)32/h3-7,11-15,37H,8-10H2,1-2H3/b6-3+. The summed E-state index contributed by atoms with van der Waals surface area (Å²) in [5, 5.41) is 0. The van der Waals surface area contributed by atoms with Gasteiger partial charge in [0.1, 0.15) is 35.0 Å². The first-order chi connectivity index (χ1) is 21.0. The Bertz CT molecular complexity index is 1960. The van der Waals surface area contributed by atoms with Crippen LogP contribution in [0.4, 0.5) is 18.9 Å². The maximum atomic E-state index is 14.3. The summed E-state index contributed by atoms with van der Waals surface area (Å²) in [6, 6.07) is 5.14. The fourth-order valence-corrected chi connectivity index (χ4v) is 5.69. The molecule has 0 spiro atoms. The van der Waals surface area contributed by atoms with Crippen molar-refractivity contribution in [2.24, 2.45) is 0 Å². The number of nitrogens with zero attached hydrogens (tertiary/aromatic N) is 5. The van der Waals surface area contributed by atoms with Crippen molar-refractivity contribution in [1.82, 2.24) is 24.8 Å². The van der Waals surface area contributed by atoms with E-state index in [0.29, 0.717) is 47.5 Å². The average Bonchev–Trinajstić information content (AvgIpc) is 2.98. The Morgan fingerprint density at radius 2 is 1.80 bits per heavy atom. The van der Waals surface area contributed by atoms with Crippen molar-refractivity contribution < 1.29 is 35.9 Å². The molecule has 4 heterocycles. The van der Waals surface area contributed by atoms with Crippen molar-refractivity contribution in [2.45, 2.75) is 18.2 Å². The van der Waals surface area contributed by atoms with Gasteiger partial charge in [0.05, 0.1) is 24.0 Å². The highest BCUT2D eigenvalue weighted by Gasteiger charge is 2.27. The molecule has 1 amide bonds. The number of aromatic nitrogens is 4. The number of amides is 1. The highest BCUT2D eigenvalue weighted by Crippen LogP contribution is 2.32. The van der Waals surface area contributed by atoms with E-state index in [0.717, 1.165) is 5.57 Å². The van der Waals surface area contributed by atoms with Gasteiger partial charge in [-0.15, -0.1) is 0 Å². The first-order valence-electron chi connectivity index (χ1n) is 13.0. The molecule has 0 aliphatic carbocycles. The molecule has 0 saturated heterocycles. The van der Waals surface area contributed by atoms with E-state index < -0.39 is 32.4 Å². The molecule has 15 heteroatoms. The summed E-state index contributed by atoms with van der Waals surface area (Å²) >= 11 is 0. The van der Waals surface area contributed by atoms with E-state index in [9.17, 15) is 31.2 Å². The van der Waals surface area contributed by atoms with Gasteiger partial charge in [0.15, 0.2) is 10.7 Å². The molecule has 4 aromatic rings. The highest BCUT2D eigenvalue weighted by atomic mass is 32.2. The molecule has 1 N–H and O–H groups in total. The van der Waals surface area contributed by atoms with Crippen LogP contribution in [0.25, 0.3) is 27.9 Å². The van der Waals surface area contributed by atoms with Crippen LogP contribution in [0.2, 0.25) is 0 Å². The number of hydrogen-bond donors (Lipinski definition) is 1. The molecule has 1 aliphatic heterocycles. The van der Waals surface area contributed by atoms with Crippen LogP contribution in [0, 0.1) is 17.5 Å². The van der Waals surface area contributed by atoms with Gasteiger partial charge in [0.2, 0.25) is 11.8 Å². The van der Waals surface area contributed by atoms with Crippen LogP contribution in [-0.4, -0.2) is 65.1 Å². The van der Waals surface area contributed by atoms with Gasteiger partial charge in [-0.2, -0.15) is 0 Å². The number of ketones is 1. The molecular weight excluding hydrogens is 601 g/mol. The van der Waals surface area contributed by atoms with Gasteiger partial charge in [-0.05, 0) is 43.2 Å². The Morgan fingerprint density at radius 3 is 2.45 bits per heavy atom. The third-order valence-electron chi connectivity index (χ3n) is 6.58. The van der Waals surface area contributed by atoms with Crippen molar-refractivity contribution in [3.8, 4) is 17.1 Å². The molecule has 226 valence electrons. The number of rotatable bonds is 8. The summed E-state index contributed by atoms with van der Waals surface area (Å²) in [7, 11) is -3.66. The van der Waals surface area contributed by atoms with Crippen LogP contribution in [0.3, 0.4) is 0 Å². The minimum Gasteiger partial charge on any atom is -0.480 e. The number of allylic oxidation sites excluding steroid dienone is 1. The van der Waals surface area contributed by atoms with Crippen molar-refractivity contribution in [1.29, 1.82) is 0 Å². The minimum absolute atomic E-state index is 0.199. The molecule has 0 saturated carbocycles. The Kier molecular flexibility index (Phi) is 8.40. The third-order valence-corrected chi connectivity index (χ3v) is 8.00. The first-order valence-corrected chi connectivity index (χ1v) is 14.5. The fraction of sp³-hybridized carbons (Fsp3) is 0.172. The van der Waals surface area contributed by atoms with E-state index >= 15 is 0 Å². The van der Waals surface area contributed by atoms with Crippen molar-refractivity contribution >= 4 is 44.0 Å². The molecule has 11 nitrogen and oxygen atoms in total. The van der Waals surface area contributed by atoms with E-state index in [-0.39, 0.29) is 35.4 Å². The van der Waals surface area contributed by atoms with E-state index in [4.69, 9.17) is 9.72 Å².